The fourth-order valence-corrected chi connectivity index (χ4v) is 9.00. The topological polar surface area (TPSA) is 213 Å². The molecule has 0 saturated carbocycles. The highest BCUT2D eigenvalue weighted by molar-refractivity contribution is 7.78. The van der Waals surface area contributed by atoms with Crippen molar-refractivity contribution in [3.8, 4) is 0 Å². The number of non-ortho nitro benzene ring substituents is 2. The van der Waals surface area contributed by atoms with E-state index in [2.05, 4.69) is 30.0 Å². The zero-order valence-corrected chi connectivity index (χ0v) is 34.6. The van der Waals surface area contributed by atoms with E-state index in [-0.39, 0.29) is 80.0 Å². The number of nitrogens with zero attached hydrogens (tertiary/aromatic N) is 5. The number of hydrogen-bond acceptors (Lipinski definition) is 14. The van der Waals surface area contributed by atoms with Gasteiger partial charge in [0.05, 0.1) is 27.9 Å². The summed E-state index contributed by atoms with van der Waals surface area (Å²) in [4.78, 5) is 79.1. The molecule has 18 nitrogen and oxygen atoms in total. The lowest BCUT2D eigenvalue weighted by molar-refractivity contribution is -0.385. The molecular weight excluding hydrogens is 793 g/mol. The van der Waals surface area contributed by atoms with Crippen LogP contribution in [0, 0.1) is 38.0 Å². The van der Waals surface area contributed by atoms with Crippen LogP contribution in [0.5, 0.6) is 0 Å². The van der Waals surface area contributed by atoms with Crippen LogP contribution in [0.1, 0.15) is 24.5 Å². The van der Waals surface area contributed by atoms with Crippen LogP contribution in [0.2, 0.25) is 19.6 Å². The largest absolute Gasteiger partial charge is 0.508 e. The number of β-lactam (4-membered cyclic amide) rings is 1. The number of likely N-dealkylation sites (tertiary alicyclic amines) is 1. The molecule has 312 valence electrons. The molecule has 2 aromatic carbocycles. The Bertz CT molecular complexity index is 1880. The van der Waals surface area contributed by atoms with Crippen LogP contribution in [-0.4, -0.2) is 126 Å². The zero-order chi connectivity index (χ0) is 42.1. The smallest absolute Gasteiger partial charge is 0.445 e. The lowest BCUT2D eigenvalue weighted by Crippen LogP contribution is -2.66. The molecule has 3 fully saturated rings. The molecule has 3 heterocycles. The Morgan fingerprint density at radius 3 is 2.02 bits per heavy atom. The van der Waals surface area contributed by atoms with Crippen molar-refractivity contribution < 1.29 is 47.7 Å². The molecule has 6 atom stereocenters. The number of carbonyl (C=O) groups excluding carboxylic acids is 4. The Hall–Kier alpha value is -5.27. The van der Waals surface area contributed by atoms with Gasteiger partial charge in [0, 0.05) is 69.5 Å². The lowest BCUT2D eigenvalue weighted by Gasteiger charge is -2.46. The number of hydrogen-bond donors (Lipinski definition) is 1. The van der Waals surface area contributed by atoms with Crippen molar-refractivity contribution in [2.24, 2.45) is 17.8 Å². The van der Waals surface area contributed by atoms with Crippen molar-refractivity contribution >= 4 is 61.0 Å². The first kappa shape index (κ1) is 43.8. The molecule has 5 rings (SSSR count). The standard InChI is InChI=1S/C38H48N6O12SSi/c1-25(56-58(2,3)4)33-34(39-35(33)45)31(13-20-57)28-21-32(42(22-28)37(47)54-23-26-5-9-29(10-6-26)43(49)50)36(46)41-16-14-40(15-17-41)18-19-53-38(48)55-24-27-7-11-30(12-8-27)44(51)52/h5-13,25,28,31-34H,14-19,21-24H2,1-4H3,(H,39,45)/t25?,28-,31+,32+,33-,34+/m1/s1. The second-order valence-electron chi connectivity index (χ2n) is 15.5. The molecule has 0 aliphatic carbocycles. The number of nitro groups is 2. The SMILES string of the molecule is CC(O[Si](C)(C)C)[C@H]1C(=O)N[C@H]1[C@@H](C=C=S)[C@@H]1C[C@@H](C(=O)N2CCN(CCOC(=O)OCc3ccc([N+](=O)[O-])cc3)CC2)N(C(=O)OCc2ccc([N+](=O)[O-])cc2)C1. The van der Waals surface area contributed by atoms with Crippen LogP contribution in [0.4, 0.5) is 21.0 Å². The molecule has 3 amide bonds. The van der Waals surface area contributed by atoms with E-state index in [9.17, 15) is 39.4 Å². The van der Waals surface area contributed by atoms with E-state index in [0.29, 0.717) is 43.9 Å². The highest BCUT2D eigenvalue weighted by atomic mass is 32.1. The second kappa shape index (κ2) is 19.4. The number of ether oxygens (including phenoxy) is 3. The molecule has 3 aliphatic rings. The maximum Gasteiger partial charge on any atom is 0.508 e. The van der Waals surface area contributed by atoms with Gasteiger partial charge in [0.25, 0.3) is 11.4 Å². The molecule has 1 unspecified atom stereocenters. The minimum atomic E-state index is -1.99. The number of carbonyl (C=O) groups is 4. The number of amides is 3. The van der Waals surface area contributed by atoms with E-state index in [1.54, 1.807) is 11.0 Å². The van der Waals surface area contributed by atoms with Crippen LogP contribution in [-0.2, 0) is 41.4 Å². The van der Waals surface area contributed by atoms with Crippen molar-refractivity contribution in [2.45, 2.75) is 64.4 Å². The third-order valence-electron chi connectivity index (χ3n) is 10.4. The first-order valence-electron chi connectivity index (χ1n) is 18.9. The molecule has 58 heavy (non-hydrogen) atoms. The third-order valence-corrected chi connectivity index (χ3v) is 11.7. The van der Waals surface area contributed by atoms with Gasteiger partial charge in [0.15, 0.2) is 8.32 Å². The van der Waals surface area contributed by atoms with Crippen molar-refractivity contribution in [2.75, 3.05) is 45.9 Å². The molecule has 20 heteroatoms. The van der Waals surface area contributed by atoms with Crippen molar-refractivity contribution in [1.82, 2.24) is 20.0 Å². The van der Waals surface area contributed by atoms with Gasteiger partial charge < -0.3 is 28.9 Å². The molecule has 0 spiro atoms. The minimum absolute atomic E-state index is 0.0425. The molecule has 3 saturated heterocycles. The van der Waals surface area contributed by atoms with Gasteiger partial charge in [-0.1, -0.05) is 5.02 Å². The summed E-state index contributed by atoms with van der Waals surface area (Å²) in [7, 11) is -1.99. The predicted octanol–water partition coefficient (Wildman–Crippen LogP) is 4.45. The normalized spacial score (nSPS) is 21.8. The Balaban J connectivity index is 1.20. The van der Waals surface area contributed by atoms with E-state index in [0.717, 1.165) is 0 Å². The molecule has 0 aromatic heterocycles. The number of thiocarbonyl (C=S) groups is 1. The summed E-state index contributed by atoms with van der Waals surface area (Å²) in [5.41, 5.74) is 0.934. The van der Waals surface area contributed by atoms with Gasteiger partial charge in [-0.05, 0) is 92.6 Å². The van der Waals surface area contributed by atoms with Gasteiger partial charge >= 0.3 is 12.2 Å². The summed E-state index contributed by atoms with van der Waals surface area (Å²) in [6.45, 7) is 10.0. The Labute approximate surface area is 341 Å². The van der Waals surface area contributed by atoms with E-state index in [1.807, 2.05) is 11.8 Å². The minimum Gasteiger partial charge on any atom is -0.445 e. The maximum atomic E-state index is 14.2. The molecule has 1 N–H and O–H groups in total. The lowest BCUT2D eigenvalue weighted by atomic mass is 9.72. The van der Waals surface area contributed by atoms with E-state index < -0.39 is 42.4 Å². The Morgan fingerprint density at radius 1 is 0.931 bits per heavy atom. The summed E-state index contributed by atoms with van der Waals surface area (Å²) in [5, 5.41) is 27.7. The Morgan fingerprint density at radius 2 is 1.50 bits per heavy atom. The van der Waals surface area contributed by atoms with E-state index in [1.165, 1.54) is 53.4 Å². The highest BCUT2D eigenvalue weighted by Gasteiger charge is 2.53. The summed E-state index contributed by atoms with van der Waals surface area (Å²) in [6, 6.07) is 10.0. The van der Waals surface area contributed by atoms with Crippen LogP contribution < -0.4 is 5.32 Å². The van der Waals surface area contributed by atoms with Gasteiger partial charge in [0.1, 0.15) is 25.9 Å². The van der Waals surface area contributed by atoms with Gasteiger partial charge in [-0.25, -0.2) is 9.59 Å². The molecule has 2 aromatic rings. The zero-order valence-electron chi connectivity index (χ0n) is 32.8. The first-order valence-corrected chi connectivity index (χ1v) is 22.8. The van der Waals surface area contributed by atoms with Gasteiger partial charge in [-0.3, -0.25) is 39.6 Å². The first-order chi connectivity index (χ1) is 27.5. The number of piperazine rings is 1. The van der Waals surface area contributed by atoms with Crippen molar-refractivity contribution in [1.29, 1.82) is 0 Å². The van der Waals surface area contributed by atoms with Crippen molar-refractivity contribution in [3.05, 3.63) is 86.0 Å². The van der Waals surface area contributed by atoms with Crippen LogP contribution >= 0.6 is 12.2 Å². The Kier molecular flexibility index (Phi) is 14.7. The fourth-order valence-electron chi connectivity index (χ4n) is 7.58. The van der Waals surface area contributed by atoms with Crippen LogP contribution in [0.3, 0.4) is 0 Å². The quantitative estimate of drug-likeness (QED) is 0.0618. The fraction of sp³-hybridized carbons (Fsp3) is 0.526. The monoisotopic (exact) mass is 840 g/mol. The highest BCUT2D eigenvalue weighted by Crippen LogP contribution is 2.39. The molecule has 0 bridgehead atoms. The summed E-state index contributed by atoms with van der Waals surface area (Å²) in [6.07, 6.45) is 0.0454. The molecule has 3 aliphatic heterocycles. The van der Waals surface area contributed by atoms with Gasteiger partial charge in [-0.2, -0.15) is 0 Å². The summed E-state index contributed by atoms with van der Waals surface area (Å²) >= 11 is 5.14. The average molecular weight is 841 g/mol. The maximum absolute atomic E-state index is 14.2. The number of nitro benzene ring substituents is 2. The molecule has 0 radical (unpaired) electrons. The van der Waals surface area contributed by atoms with Crippen LogP contribution in [0.25, 0.3) is 0 Å². The molecular formula is C38H48N6O12SSi. The second-order valence-corrected chi connectivity index (χ2v) is 20.2. The number of benzene rings is 2. The average Bonchev–Trinajstić information content (AvgIpc) is 3.62. The number of rotatable bonds is 16. The summed E-state index contributed by atoms with van der Waals surface area (Å²) < 4.78 is 22.3. The van der Waals surface area contributed by atoms with E-state index in [4.69, 9.17) is 30.9 Å². The predicted molar refractivity (Wildman–Crippen MR) is 214 cm³/mol. The van der Waals surface area contributed by atoms with Crippen molar-refractivity contribution in [3.63, 3.8) is 0 Å². The van der Waals surface area contributed by atoms with E-state index >= 15 is 0 Å². The number of nitrogens with one attached hydrogen (secondary N) is 1. The van der Waals surface area contributed by atoms with Gasteiger partial charge in [-0.15, -0.1) is 0 Å². The van der Waals surface area contributed by atoms with Gasteiger partial charge in [0.2, 0.25) is 11.8 Å². The van der Waals surface area contributed by atoms with Crippen LogP contribution in [0.15, 0.2) is 54.6 Å². The summed E-state index contributed by atoms with van der Waals surface area (Å²) in [5.74, 6) is -1.49. The third kappa shape index (κ3) is 11.4.